The van der Waals surface area contributed by atoms with E-state index in [0.717, 1.165) is 27.7 Å². The Bertz CT molecular complexity index is 943. The lowest BCUT2D eigenvalue weighted by molar-refractivity contribution is -0.689. The van der Waals surface area contributed by atoms with Crippen LogP contribution in [0.5, 0.6) is 0 Å². The average molecular weight is 328 g/mol. The standard InChI is InChI=1S/C20H17F3N/c1-12-13(2)24-18-6-4-3-5-14(18)7-10-19(24)16-9-8-15(11-17(12)16)20(21,22)23/h3-13H,1-2H3/q+1. The van der Waals surface area contributed by atoms with Crippen molar-refractivity contribution in [1.82, 2.24) is 0 Å². The molecule has 4 heteroatoms. The van der Waals surface area contributed by atoms with E-state index in [1.807, 2.05) is 31.2 Å². The Morgan fingerprint density at radius 2 is 1.67 bits per heavy atom. The molecule has 2 atom stereocenters. The van der Waals surface area contributed by atoms with Crippen molar-refractivity contribution in [2.45, 2.75) is 32.0 Å². The van der Waals surface area contributed by atoms with E-state index in [4.69, 9.17) is 0 Å². The number of rotatable bonds is 0. The molecular weight excluding hydrogens is 311 g/mol. The number of aromatic nitrogens is 1. The third-order valence-electron chi connectivity index (χ3n) is 5.15. The van der Waals surface area contributed by atoms with Crippen molar-refractivity contribution in [3.63, 3.8) is 0 Å². The van der Waals surface area contributed by atoms with Gasteiger partial charge in [0.25, 0.3) is 0 Å². The van der Waals surface area contributed by atoms with Crippen LogP contribution in [0, 0.1) is 0 Å². The second-order valence-electron chi connectivity index (χ2n) is 6.48. The summed E-state index contributed by atoms with van der Waals surface area (Å²) in [5.41, 5.74) is 3.17. The lowest BCUT2D eigenvalue weighted by Crippen LogP contribution is -2.46. The van der Waals surface area contributed by atoms with E-state index in [1.165, 1.54) is 12.1 Å². The van der Waals surface area contributed by atoms with Gasteiger partial charge in [-0.1, -0.05) is 19.1 Å². The highest BCUT2D eigenvalue weighted by molar-refractivity contribution is 5.78. The molecule has 3 aromatic rings. The van der Waals surface area contributed by atoms with E-state index in [9.17, 15) is 13.2 Å². The minimum atomic E-state index is -4.31. The maximum absolute atomic E-state index is 13.1. The molecule has 24 heavy (non-hydrogen) atoms. The number of fused-ring (bicyclic) bond motifs is 5. The maximum Gasteiger partial charge on any atom is 0.416 e. The normalized spacial score (nSPS) is 19.9. The minimum Gasteiger partial charge on any atom is -0.188 e. The molecule has 2 heterocycles. The van der Waals surface area contributed by atoms with Gasteiger partial charge in [-0.3, -0.25) is 0 Å². The summed E-state index contributed by atoms with van der Waals surface area (Å²) in [5, 5.41) is 1.13. The van der Waals surface area contributed by atoms with Gasteiger partial charge in [-0.15, -0.1) is 0 Å². The molecule has 2 aromatic carbocycles. The lowest BCUT2D eigenvalue weighted by atomic mass is 9.83. The molecule has 1 nitrogen and oxygen atoms in total. The van der Waals surface area contributed by atoms with Gasteiger partial charge < -0.3 is 0 Å². The highest BCUT2D eigenvalue weighted by Crippen LogP contribution is 2.41. The molecule has 0 N–H and O–H groups in total. The Balaban J connectivity index is 2.02. The molecule has 4 rings (SSSR count). The summed E-state index contributed by atoms with van der Waals surface area (Å²) >= 11 is 0. The van der Waals surface area contributed by atoms with Crippen molar-refractivity contribution in [3.8, 4) is 11.3 Å². The van der Waals surface area contributed by atoms with Gasteiger partial charge >= 0.3 is 6.18 Å². The Kier molecular flexibility index (Phi) is 3.21. The zero-order valence-corrected chi connectivity index (χ0v) is 13.4. The van der Waals surface area contributed by atoms with Gasteiger partial charge in [0, 0.05) is 29.0 Å². The summed E-state index contributed by atoms with van der Waals surface area (Å²) in [7, 11) is 0. The third kappa shape index (κ3) is 2.13. The Labute approximate surface area is 138 Å². The van der Waals surface area contributed by atoms with Crippen molar-refractivity contribution in [2.24, 2.45) is 0 Å². The van der Waals surface area contributed by atoms with Gasteiger partial charge in [0.15, 0.2) is 6.04 Å². The number of benzene rings is 2. The molecule has 122 valence electrons. The Hall–Kier alpha value is -2.36. The maximum atomic E-state index is 13.1. The van der Waals surface area contributed by atoms with Crippen LogP contribution in [0.2, 0.25) is 0 Å². The number of nitrogens with zero attached hydrogens (tertiary/aromatic N) is 1. The molecule has 0 bridgehead atoms. The van der Waals surface area contributed by atoms with Gasteiger partial charge in [-0.05, 0) is 42.8 Å². The van der Waals surface area contributed by atoms with Crippen molar-refractivity contribution < 1.29 is 17.7 Å². The lowest BCUT2D eigenvalue weighted by Gasteiger charge is -2.27. The van der Waals surface area contributed by atoms with E-state index >= 15 is 0 Å². The van der Waals surface area contributed by atoms with Gasteiger partial charge in [0.05, 0.1) is 5.56 Å². The molecule has 1 aliphatic heterocycles. The van der Waals surface area contributed by atoms with E-state index in [2.05, 4.69) is 23.6 Å². The van der Waals surface area contributed by atoms with Crippen LogP contribution in [-0.4, -0.2) is 0 Å². The summed E-state index contributed by atoms with van der Waals surface area (Å²) in [6, 6.07) is 16.4. The summed E-state index contributed by atoms with van der Waals surface area (Å²) < 4.78 is 41.5. The summed E-state index contributed by atoms with van der Waals surface area (Å²) in [6.45, 7) is 4.07. The predicted octanol–water partition coefficient (Wildman–Crippen LogP) is 5.49. The fourth-order valence-electron chi connectivity index (χ4n) is 3.72. The topological polar surface area (TPSA) is 3.88 Å². The van der Waals surface area contributed by atoms with Crippen LogP contribution in [0.4, 0.5) is 13.2 Å². The van der Waals surface area contributed by atoms with Gasteiger partial charge in [-0.25, -0.2) is 0 Å². The molecule has 0 amide bonds. The molecule has 0 saturated carbocycles. The number of alkyl halides is 3. The predicted molar refractivity (Wildman–Crippen MR) is 87.7 cm³/mol. The first-order chi connectivity index (χ1) is 11.4. The van der Waals surface area contributed by atoms with Crippen molar-refractivity contribution in [2.75, 3.05) is 0 Å². The van der Waals surface area contributed by atoms with Crippen LogP contribution in [0.3, 0.4) is 0 Å². The number of hydrogen-bond donors (Lipinski definition) is 0. The van der Waals surface area contributed by atoms with Crippen LogP contribution in [0.1, 0.15) is 36.9 Å². The van der Waals surface area contributed by atoms with Crippen LogP contribution in [0.15, 0.2) is 54.6 Å². The van der Waals surface area contributed by atoms with Gasteiger partial charge in [0.1, 0.15) is 0 Å². The van der Waals surface area contributed by atoms with Crippen LogP contribution < -0.4 is 4.57 Å². The quantitative estimate of drug-likeness (QED) is 0.480. The first-order valence-electron chi connectivity index (χ1n) is 8.03. The minimum absolute atomic E-state index is 0.00519. The first-order valence-corrected chi connectivity index (χ1v) is 8.03. The van der Waals surface area contributed by atoms with E-state index in [0.29, 0.717) is 0 Å². The van der Waals surface area contributed by atoms with Gasteiger partial charge in [0.2, 0.25) is 11.2 Å². The molecule has 0 aliphatic carbocycles. The SMILES string of the molecule is CC1c2cc(C(F)(F)F)ccc2-c2ccc3ccccc3[n+]2C1C. The fourth-order valence-corrected chi connectivity index (χ4v) is 3.72. The monoisotopic (exact) mass is 328 g/mol. The number of hydrogen-bond acceptors (Lipinski definition) is 0. The average Bonchev–Trinajstić information content (AvgIpc) is 2.57. The zero-order valence-electron chi connectivity index (χ0n) is 13.4. The molecule has 2 unspecified atom stereocenters. The number of pyridine rings is 1. The molecule has 0 spiro atoms. The molecular formula is C20H17F3N+. The fraction of sp³-hybridized carbons (Fsp3) is 0.250. The molecule has 1 aromatic heterocycles. The first kappa shape index (κ1) is 15.2. The van der Waals surface area contributed by atoms with Crippen LogP contribution in [-0.2, 0) is 6.18 Å². The highest BCUT2D eigenvalue weighted by Gasteiger charge is 2.38. The molecule has 1 aliphatic rings. The number of halogens is 3. The Morgan fingerprint density at radius 3 is 2.42 bits per heavy atom. The number of para-hydroxylation sites is 1. The zero-order chi connectivity index (χ0) is 17.1. The summed E-state index contributed by atoms with van der Waals surface area (Å²) in [6.07, 6.45) is -4.31. The van der Waals surface area contributed by atoms with Crippen LogP contribution >= 0.6 is 0 Å². The van der Waals surface area contributed by atoms with Crippen molar-refractivity contribution in [1.29, 1.82) is 0 Å². The Morgan fingerprint density at radius 1 is 0.917 bits per heavy atom. The smallest absolute Gasteiger partial charge is 0.188 e. The molecule has 0 radical (unpaired) electrons. The largest absolute Gasteiger partial charge is 0.416 e. The van der Waals surface area contributed by atoms with Crippen molar-refractivity contribution in [3.05, 3.63) is 65.7 Å². The molecule has 0 fully saturated rings. The summed E-state index contributed by atoms with van der Waals surface area (Å²) in [5.74, 6) is 0.00519. The highest BCUT2D eigenvalue weighted by atomic mass is 19.4. The third-order valence-corrected chi connectivity index (χ3v) is 5.15. The van der Waals surface area contributed by atoms with E-state index < -0.39 is 11.7 Å². The van der Waals surface area contributed by atoms with E-state index in [1.54, 1.807) is 6.07 Å². The molecule has 0 saturated heterocycles. The van der Waals surface area contributed by atoms with E-state index in [-0.39, 0.29) is 12.0 Å². The second kappa shape index (κ2) is 5.07. The van der Waals surface area contributed by atoms with Crippen molar-refractivity contribution >= 4 is 10.9 Å². The second-order valence-corrected chi connectivity index (χ2v) is 6.48. The van der Waals surface area contributed by atoms with Crippen LogP contribution in [0.25, 0.3) is 22.2 Å². The summed E-state index contributed by atoms with van der Waals surface area (Å²) in [4.78, 5) is 0. The van der Waals surface area contributed by atoms with Gasteiger partial charge in [-0.2, -0.15) is 17.7 Å².